The van der Waals surface area contributed by atoms with Crippen LogP contribution in [0.15, 0.2) is 30.3 Å². The topological polar surface area (TPSA) is 84.1 Å². The van der Waals surface area contributed by atoms with E-state index in [-0.39, 0.29) is 23.9 Å². The molecule has 0 aliphatic rings. The molecule has 1 aromatic heterocycles. The van der Waals surface area contributed by atoms with Crippen LogP contribution in [-0.4, -0.2) is 39.9 Å². The number of carbonyl (C=O) groups excluding carboxylic acids is 1. The Kier molecular flexibility index (Phi) is 5.39. The molecule has 6 nitrogen and oxygen atoms in total. The largest absolute Gasteiger partial charge is 0.373 e. The number of anilines is 2. The van der Waals surface area contributed by atoms with Crippen LogP contribution < -0.4 is 11.1 Å². The van der Waals surface area contributed by atoms with Crippen LogP contribution in [0.5, 0.6) is 0 Å². The molecule has 128 valence electrons. The zero-order valence-electron chi connectivity index (χ0n) is 14.9. The Bertz CT molecular complexity index is 719. The van der Waals surface area contributed by atoms with Gasteiger partial charge in [0, 0.05) is 36.3 Å². The smallest absolute Gasteiger partial charge is 0.255 e. The highest BCUT2D eigenvalue weighted by atomic mass is 16.2. The van der Waals surface area contributed by atoms with Gasteiger partial charge in [-0.1, -0.05) is 18.2 Å². The average molecular weight is 327 g/mol. The number of benzene rings is 1. The molecule has 1 amide bonds. The van der Waals surface area contributed by atoms with Crippen LogP contribution in [0.2, 0.25) is 0 Å². The van der Waals surface area contributed by atoms with Crippen molar-refractivity contribution in [3.05, 3.63) is 35.9 Å². The highest BCUT2D eigenvalue weighted by Gasteiger charge is 2.24. The van der Waals surface area contributed by atoms with Crippen molar-refractivity contribution in [1.29, 1.82) is 0 Å². The lowest BCUT2D eigenvalue weighted by atomic mass is 10.0. The van der Waals surface area contributed by atoms with E-state index < -0.39 is 0 Å². The second kappa shape index (κ2) is 7.29. The highest BCUT2D eigenvalue weighted by Crippen LogP contribution is 2.26. The fourth-order valence-electron chi connectivity index (χ4n) is 2.83. The van der Waals surface area contributed by atoms with Crippen molar-refractivity contribution < 1.29 is 4.79 Å². The number of nitrogens with zero attached hydrogens (tertiary/aromatic N) is 3. The maximum Gasteiger partial charge on any atom is 0.255 e. The summed E-state index contributed by atoms with van der Waals surface area (Å²) in [4.78, 5) is 23.4. The monoisotopic (exact) mass is 327 g/mol. The summed E-state index contributed by atoms with van der Waals surface area (Å²) in [6.07, 6.45) is 0. The molecular weight excluding hydrogens is 302 g/mol. The number of aromatic nitrogens is 2. The summed E-state index contributed by atoms with van der Waals surface area (Å²) in [6.45, 7) is 8.06. The van der Waals surface area contributed by atoms with Crippen LogP contribution in [0.4, 0.5) is 11.8 Å². The molecule has 0 radical (unpaired) electrons. The van der Waals surface area contributed by atoms with Gasteiger partial charge in [0.25, 0.3) is 5.91 Å². The first-order valence-electron chi connectivity index (χ1n) is 8.09. The van der Waals surface area contributed by atoms with Crippen molar-refractivity contribution in [1.82, 2.24) is 14.9 Å². The average Bonchev–Trinajstić information content (AvgIpc) is 2.53. The van der Waals surface area contributed by atoms with Gasteiger partial charge < -0.3 is 16.0 Å². The van der Waals surface area contributed by atoms with E-state index in [1.807, 2.05) is 56.9 Å². The Labute approximate surface area is 143 Å². The summed E-state index contributed by atoms with van der Waals surface area (Å²) in [5, 5.41) is 2.96. The lowest BCUT2D eigenvalue weighted by Crippen LogP contribution is -2.42. The summed E-state index contributed by atoms with van der Waals surface area (Å²) >= 11 is 0. The van der Waals surface area contributed by atoms with Gasteiger partial charge in [-0.2, -0.15) is 4.98 Å². The molecule has 0 unspecified atom stereocenters. The number of nitrogens with two attached hydrogens (primary N) is 1. The predicted octanol–water partition coefficient (Wildman–Crippen LogP) is 3.03. The number of amides is 1. The first-order chi connectivity index (χ1) is 11.3. The minimum absolute atomic E-state index is 0.0150. The fraction of sp³-hybridized carbons (Fsp3) is 0.389. The maximum atomic E-state index is 13.1. The number of hydrogen-bond acceptors (Lipinski definition) is 5. The number of carbonyl (C=O) groups is 1. The molecule has 2 aromatic rings. The van der Waals surface area contributed by atoms with Gasteiger partial charge >= 0.3 is 0 Å². The molecule has 6 heteroatoms. The zero-order valence-corrected chi connectivity index (χ0v) is 14.9. The van der Waals surface area contributed by atoms with E-state index in [9.17, 15) is 4.79 Å². The number of rotatable bonds is 5. The molecule has 3 N–H and O–H groups in total. The Morgan fingerprint density at radius 2 is 1.75 bits per heavy atom. The molecule has 1 aromatic carbocycles. The van der Waals surface area contributed by atoms with Gasteiger partial charge in [-0.3, -0.25) is 4.79 Å². The molecule has 0 aliphatic carbocycles. The van der Waals surface area contributed by atoms with E-state index in [1.54, 1.807) is 13.1 Å². The third-order valence-corrected chi connectivity index (χ3v) is 3.78. The predicted molar refractivity (Wildman–Crippen MR) is 97.9 cm³/mol. The van der Waals surface area contributed by atoms with Gasteiger partial charge in [0.15, 0.2) is 0 Å². The van der Waals surface area contributed by atoms with E-state index in [2.05, 4.69) is 15.3 Å². The van der Waals surface area contributed by atoms with Crippen LogP contribution in [0.25, 0.3) is 11.3 Å². The van der Waals surface area contributed by atoms with Crippen LogP contribution in [0, 0.1) is 0 Å². The molecule has 0 spiro atoms. The van der Waals surface area contributed by atoms with E-state index in [0.29, 0.717) is 17.1 Å². The van der Waals surface area contributed by atoms with Crippen molar-refractivity contribution in [3.8, 4) is 11.3 Å². The van der Waals surface area contributed by atoms with E-state index in [4.69, 9.17) is 5.73 Å². The van der Waals surface area contributed by atoms with Crippen molar-refractivity contribution in [3.63, 3.8) is 0 Å². The molecule has 0 bridgehead atoms. The molecule has 1 heterocycles. The van der Waals surface area contributed by atoms with Gasteiger partial charge in [-0.05, 0) is 33.8 Å². The van der Waals surface area contributed by atoms with Crippen molar-refractivity contribution >= 4 is 17.7 Å². The third kappa shape index (κ3) is 3.64. The zero-order chi connectivity index (χ0) is 17.9. The van der Waals surface area contributed by atoms with Crippen LogP contribution in [0.1, 0.15) is 38.1 Å². The first-order valence-corrected chi connectivity index (χ1v) is 8.09. The minimum Gasteiger partial charge on any atom is -0.373 e. The first kappa shape index (κ1) is 17.7. The maximum absolute atomic E-state index is 13.1. The standard InChI is InChI=1S/C18H25N5O/c1-11(2)23(12(3)4)17(24)14-9-7-6-8-13(14)15-10-16(20-5)22-18(19)21-15/h6-12H,1-5H3,(H3,19,20,21,22). The van der Waals surface area contributed by atoms with E-state index in [1.165, 1.54) is 0 Å². The molecule has 0 aliphatic heterocycles. The molecule has 24 heavy (non-hydrogen) atoms. The van der Waals surface area contributed by atoms with E-state index in [0.717, 1.165) is 5.56 Å². The molecule has 2 rings (SSSR count). The van der Waals surface area contributed by atoms with Crippen molar-refractivity contribution in [2.45, 2.75) is 39.8 Å². The number of nitrogens with one attached hydrogen (secondary N) is 1. The lowest BCUT2D eigenvalue weighted by Gasteiger charge is -2.31. The number of nitrogen functional groups attached to an aromatic ring is 1. The fourth-order valence-corrected chi connectivity index (χ4v) is 2.83. The van der Waals surface area contributed by atoms with Gasteiger partial charge in [0.05, 0.1) is 5.69 Å². The molecule has 0 saturated carbocycles. The van der Waals surface area contributed by atoms with Gasteiger partial charge in [0.1, 0.15) is 5.82 Å². The lowest BCUT2D eigenvalue weighted by molar-refractivity contribution is 0.0644. The van der Waals surface area contributed by atoms with Crippen LogP contribution in [0.3, 0.4) is 0 Å². The summed E-state index contributed by atoms with van der Waals surface area (Å²) in [5.41, 5.74) is 7.79. The summed E-state index contributed by atoms with van der Waals surface area (Å²) < 4.78 is 0. The van der Waals surface area contributed by atoms with Gasteiger partial charge in [0.2, 0.25) is 5.95 Å². The summed E-state index contributed by atoms with van der Waals surface area (Å²) in [7, 11) is 1.77. The Balaban J connectivity index is 2.55. The third-order valence-electron chi connectivity index (χ3n) is 3.78. The molecule has 0 saturated heterocycles. The SMILES string of the molecule is CNc1cc(-c2ccccc2C(=O)N(C(C)C)C(C)C)nc(N)n1. The molecular formula is C18H25N5O. The summed E-state index contributed by atoms with van der Waals surface area (Å²) in [5.74, 6) is 0.770. The Morgan fingerprint density at radius 1 is 1.12 bits per heavy atom. The van der Waals surface area contributed by atoms with E-state index >= 15 is 0 Å². The van der Waals surface area contributed by atoms with Crippen LogP contribution in [-0.2, 0) is 0 Å². The summed E-state index contributed by atoms with van der Waals surface area (Å²) in [6, 6.07) is 9.46. The highest BCUT2D eigenvalue weighted by molar-refractivity contribution is 6.01. The normalized spacial score (nSPS) is 11.0. The van der Waals surface area contributed by atoms with Gasteiger partial charge in [-0.15, -0.1) is 0 Å². The van der Waals surface area contributed by atoms with Crippen molar-refractivity contribution in [2.75, 3.05) is 18.1 Å². The molecule has 0 fully saturated rings. The number of hydrogen-bond donors (Lipinski definition) is 2. The van der Waals surface area contributed by atoms with Crippen molar-refractivity contribution in [2.24, 2.45) is 0 Å². The second-order valence-corrected chi connectivity index (χ2v) is 6.19. The quantitative estimate of drug-likeness (QED) is 0.882. The molecule has 0 atom stereocenters. The van der Waals surface area contributed by atoms with Gasteiger partial charge in [-0.25, -0.2) is 4.98 Å². The Hall–Kier alpha value is -2.63. The van der Waals surface area contributed by atoms with Crippen LogP contribution >= 0.6 is 0 Å². The minimum atomic E-state index is -0.0150. The Morgan fingerprint density at radius 3 is 2.33 bits per heavy atom. The second-order valence-electron chi connectivity index (χ2n) is 6.19.